The van der Waals surface area contributed by atoms with Gasteiger partial charge in [-0.25, -0.2) is 0 Å². The lowest BCUT2D eigenvalue weighted by molar-refractivity contribution is 0.463. The first-order chi connectivity index (χ1) is 11.6. The third kappa shape index (κ3) is 3.41. The average Bonchev–Trinajstić information content (AvgIpc) is 2.66. The maximum absolute atomic E-state index is 13.9. The van der Waals surface area contributed by atoms with Gasteiger partial charge in [-0.05, 0) is 18.2 Å². The molecule has 0 spiro atoms. The Morgan fingerprint density at radius 1 is 0.708 bits per heavy atom. The van der Waals surface area contributed by atoms with Crippen LogP contribution in [0.1, 0.15) is 0 Å². The van der Waals surface area contributed by atoms with Crippen LogP contribution in [0, 0.1) is 0 Å². The summed E-state index contributed by atoms with van der Waals surface area (Å²) in [5.41, 5.74) is 0. The van der Waals surface area contributed by atoms with Crippen molar-refractivity contribution in [3.63, 3.8) is 0 Å². The summed E-state index contributed by atoms with van der Waals surface area (Å²) in [6.45, 7) is 0. The van der Waals surface area contributed by atoms with Gasteiger partial charge in [0.25, 0.3) is 0 Å². The number of benzene rings is 3. The number of phenols is 2. The van der Waals surface area contributed by atoms with Crippen LogP contribution in [0.5, 0.6) is 11.5 Å². The Bertz CT molecular complexity index is 808. The molecule has 0 fully saturated rings. The van der Waals surface area contributed by atoms with Gasteiger partial charge in [0.15, 0.2) is 7.14 Å². The lowest BCUT2D eigenvalue weighted by Gasteiger charge is -2.20. The molecule has 0 aliphatic heterocycles. The smallest absolute Gasteiger partial charge is 0.310 e. The lowest BCUT2D eigenvalue weighted by atomic mass is 10.3. The second kappa shape index (κ2) is 7.92. The van der Waals surface area contributed by atoms with Gasteiger partial charge in [-0.2, -0.15) is 0 Å². The minimum absolute atomic E-state index is 0.0279. The Kier molecular flexibility index (Phi) is 5.92. The maximum Gasteiger partial charge on any atom is 0.310 e. The molecule has 3 rings (SSSR count). The van der Waals surface area contributed by atoms with Crippen molar-refractivity contribution < 1.29 is 19.3 Å². The minimum atomic E-state index is -3.25. The molecule has 0 aliphatic carbocycles. The molecule has 6 heteroatoms. The molecule has 1 atom stereocenters. The predicted octanol–water partition coefficient (Wildman–Crippen LogP) is 2.94. The summed E-state index contributed by atoms with van der Waals surface area (Å²) in [5, 5.41) is 21.4. The fraction of sp³-hybridized carbons (Fsp3) is 0. The molecule has 24 heavy (non-hydrogen) atoms. The van der Waals surface area contributed by atoms with Gasteiger partial charge in [-0.15, -0.1) is 0 Å². The van der Waals surface area contributed by atoms with Gasteiger partial charge in [0, 0.05) is 10.6 Å². The van der Waals surface area contributed by atoms with Crippen LogP contribution in [0.2, 0.25) is 0 Å². The molecular weight excluding hydrogens is 342 g/mol. The van der Waals surface area contributed by atoms with Gasteiger partial charge in [-0.3, -0.25) is 0 Å². The van der Waals surface area contributed by atoms with E-state index in [2.05, 4.69) is 0 Å². The molecule has 1 unspecified atom stereocenters. The third-order valence-corrected chi connectivity index (χ3v) is 6.63. The molecule has 4 nitrogen and oxygen atoms in total. The van der Waals surface area contributed by atoms with Crippen LogP contribution in [0.3, 0.4) is 0 Å². The van der Waals surface area contributed by atoms with Crippen molar-refractivity contribution in [1.29, 1.82) is 0 Å². The molecule has 3 aromatic rings. The SMILES string of the molecule is O=P(c1ccccc1)(c1ccccc1)c1cc(O)ccc1O.O=[PH2+]. The van der Waals surface area contributed by atoms with Gasteiger partial charge in [0.2, 0.25) is 0 Å². The molecule has 3 aromatic carbocycles. The topological polar surface area (TPSA) is 74.6 Å². The van der Waals surface area contributed by atoms with Crippen molar-refractivity contribution in [2.75, 3.05) is 0 Å². The monoisotopic (exact) mass is 359 g/mol. The number of rotatable bonds is 3. The van der Waals surface area contributed by atoms with Gasteiger partial charge in [-0.1, -0.05) is 65.2 Å². The summed E-state index contributed by atoms with van der Waals surface area (Å²) >= 11 is 0. The summed E-state index contributed by atoms with van der Waals surface area (Å²) in [6.07, 6.45) is 0. The molecule has 0 bridgehead atoms. The van der Waals surface area contributed by atoms with Crippen LogP contribution in [0.15, 0.2) is 78.9 Å². The van der Waals surface area contributed by atoms with E-state index in [1.807, 2.05) is 36.4 Å². The zero-order chi connectivity index (χ0) is 17.6. The van der Waals surface area contributed by atoms with Crippen LogP contribution in [0.25, 0.3) is 0 Å². The predicted molar refractivity (Wildman–Crippen MR) is 99.6 cm³/mol. The Balaban J connectivity index is 0.00000100. The van der Waals surface area contributed by atoms with Crippen LogP contribution in [0.4, 0.5) is 0 Å². The average molecular weight is 359 g/mol. The van der Waals surface area contributed by atoms with Crippen LogP contribution in [-0.4, -0.2) is 10.2 Å². The van der Waals surface area contributed by atoms with Gasteiger partial charge < -0.3 is 14.8 Å². The fourth-order valence-corrected chi connectivity index (χ4v) is 5.22. The van der Waals surface area contributed by atoms with Crippen molar-refractivity contribution in [1.82, 2.24) is 0 Å². The van der Waals surface area contributed by atoms with Crippen molar-refractivity contribution >= 4 is 32.2 Å². The van der Waals surface area contributed by atoms with E-state index >= 15 is 0 Å². The molecular formula is C18H17O4P2+. The largest absolute Gasteiger partial charge is 0.508 e. The first kappa shape index (κ1) is 17.9. The van der Waals surface area contributed by atoms with Crippen LogP contribution < -0.4 is 15.9 Å². The fourth-order valence-electron chi connectivity index (χ4n) is 2.47. The van der Waals surface area contributed by atoms with E-state index in [9.17, 15) is 14.8 Å². The van der Waals surface area contributed by atoms with Crippen molar-refractivity contribution in [3.05, 3.63) is 78.9 Å². The van der Waals surface area contributed by atoms with E-state index in [1.165, 1.54) is 27.3 Å². The molecule has 2 N–H and O–H groups in total. The molecule has 0 saturated carbocycles. The number of phenolic OH excluding ortho intramolecular Hbond substituents is 2. The van der Waals surface area contributed by atoms with E-state index in [0.717, 1.165) is 0 Å². The highest BCUT2D eigenvalue weighted by Gasteiger charge is 2.32. The summed E-state index contributed by atoms with van der Waals surface area (Å²) in [6, 6.07) is 22.1. The highest BCUT2D eigenvalue weighted by atomic mass is 31.2. The quantitative estimate of drug-likeness (QED) is 0.557. The van der Waals surface area contributed by atoms with Gasteiger partial charge >= 0.3 is 9.12 Å². The van der Waals surface area contributed by atoms with E-state index in [1.54, 1.807) is 24.3 Å². The number of hydrogen-bond donors (Lipinski definition) is 2. The first-order valence-electron chi connectivity index (χ1n) is 7.10. The molecule has 0 saturated heterocycles. The van der Waals surface area contributed by atoms with Crippen molar-refractivity contribution in [3.8, 4) is 11.5 Å². The lowest BCUT2D eigenvalue weighted by Crippen LogP contribution is -2.25. The Hall–Kier alpha value is -2.41. The second-order valence-electron chi connectivity index (χ2n) is 4.95. The number of aromatic hydroxyl groups is 2. The van der Waals surface area contributed by atoms with Crippen molar-refractivity contribution in [2.24, 2.45) is 0 Å². The normalized spacial score (nSPS) is 10.5. The molecule has 0 aromatic heterocycles. The van der Waals surface area contributed by atoms with Crippen LogP contribution >= 0.6 is 16.3 Å². The summed E-state index contributed by atoms with van der Waals surface area (Å²) in [7, 11) is -2.08. The minimum Gasteiger partial charge on any atom is -0.508 e. The molecule has 0 aliphatic rings. The molecule has 122 valence electrons. The Morgan fingerprint density at radius 2 is 1.17 bits per heavy atom. The second-order valence-corrected chi connectivity index (χ2v) is 7.69. The summed E-state index contributed by atoms with van der Waals surface area (Å²) in [5.74, 6) is -0.117. The standard InChI is InChI=1S/C18H15O3P.H2OP/c19-14-11-12-17(20)18(13-14)22(21,15-7-3-1-4-8-15)16-9-5-2-6-10-16;1-2/h1-13,19-20H;2H2/q;+1. The highest BCUT2D eigenvalue weighted by Crippen LogP contribution is 2.45. The van der Waals surface area contributed by atoms with Gasteiger partial charge in [0.05, 0.1) is 5.30 Å². The maximum atomic E-state index is 13.9. The third-order valence-electron chi connectivity index (χ3n) is 3.54. The summed E-state index contributed by atoms with van der Waals surface area (Å²) < 4.78 is 22.1. The highest BCUT2D eigenvalue weighted by molar-refractivity contribution is 7.85. The molecule has 0 radical (unpaired) electrons. The van der Waals surface area contributed by atoms with E-state index < -0.39 is 7.14 Å². The Morgan fingerprint density at radius 3 is 1.62 bits per heavy atom. The van der Waals surface area contributed by atoms with E-state index in [0.29, 0.717) is 10.6 Å². The first-order valence-corrected chi connectivity index (χ1v) is 9.27. The summed E-state index contributed by atoms with van der Waals surface area (Å²) in [4.78, 5) is 0. The Labute approximate surface area is 142 Å². The van der Waals surface area contributed by atoms with Crippen LogP contribution in [-0.2, 0) is 9.13 Å². The van der Waals surface area contributed by atoms with E-state index in [-0.39, 0.29) is 16.8 Å². The molecule has 0 amide bonds. The number of hydrogen-bond acceptors (Lipinski definition) is 4. The van der Waals surface area contributed by atoms with E-state index in [4.69, 9.17) is 4.57 Å². The zero-order valence-corrected chi connectivity index (χ0v) is 14.8. The zero-order valence-electron chi connectivity index (χ0n) is 12.7. The van der Waals surface area contributed by atoms with Gasteiger partial charge in [0.1, 0.15) is 11.5 Å². The molecule has 0 heterocycles. The van der Waals surface area contributed by atoms with Crippen molar-refractivity contribution in [2.45, 2.75) is 0 Å².